The predicted molar refractivity (Wildman–Crippen MR) is 73.0 cm³/mol. The van der Waals surface area contributed by atoms with Crippen LogP contribution in [0.3, 0.4) is 0 Å². The topological polar surface area (TPSA) is 47.2 Å². The maximum Gasteiger partial charge on any atom is 0.287 e. The van der Waals surface area contributed by atoms with Gasteiger partial charge in [-0.3, -0.25) is 4.79 Å². The fraction of sp³-hybridized carbons (Fsp3) is 0.133. The summed E-state index contributed by atoms with van der Waals surface area (Å²) >= 11 is 0. The zero-order chi connectivity index (χ0) is 13.1. The van der Waals surface area contributed by atoms with Gasteiger partial charge in [0.25, 0.3) is 5.91 Å². The second-order valence-electron chi connectivity index (χ2n) is 4.30. The van der Waals surface area contributed by atoms with Crippen molar-refractivity contribution in [1.82, 2.24) is 9.88 Å². The standard InChI is InChI=1S/C15H14N2O2/c18-15(14-6-3-11-19-14)16-8-10-17-9-7-12-4-1-2-5-13(12)17/h1-7,9,11H,8,10H2,(H,16,18). The van der Waals surface area contributed by atoms with E-state index in [2.05, 4.69) is 28.1 Å². The first-order chi connectivity index (χ1) is 9.34. The molecule has 0 fully saturated rings. The second kappa shape index (κ2) is 5.02. The molecule has 1 amide bonds. The molecule has 4 nitrogen and oxygen atoms in total. The maximum atomic E-state index is 11.7. The SMILES string of the molecule is O=C(NCCn1ccc2ccccc21)c1ccco1. The number of rotatable bonds is 4. The minimum absolute atomic E-state index is 0.179. The van der Waals surface area contributed by atoms with Crippen molar-refractivity contribution < 1.29 is 9.21 Å². The molecule has 19 heavy (non-hydrogen) atoms. The lowest BCUT2D eigenvalue weighted by Gasteiger charge is -2.06. The summed E-state index contributed by atoms with van der Waals surface area (Å²) in [5, 5.41) is 4.04. The fourth-order valence-electron chi connectivity index (χ4n) is 2.12. The number of hydrogen-bond donors (Lipinski definition) is 1. The Morgan fingerprint density at radius 1 is 1.16 bits per heavy atom. The van der Waals surface area contributed by atoms with E-state index in [-0.39, 0.29) is 5.91 Å². The van der Waals surface area contributed by atoms with Gasteiger partial charge in [0.15, 0.2) is 5.76 Å². The zero-order valence-corrected chi connectivity index (χ0v) is 10.4. The summed E-state index contributed by atoms with van der Waals surface area (Å²) < 4.78 is 7.16. The van der Waals surface area contributed by atoms with Crippen molar-refractivity contribution in [3.8, 4) is 0 Å². The van der Waals surface area contributed by atoms with E-state index in [0.717, 1.165) is 6.54 Å². The van der Waals surface area contributed by atoms with E-state index in [0.29, 0.717) is 12.3 Å². The number of nitrogens with one attached hydrogen (secondary N) is 1. The Labute approximate surface area is 110 Å². The van der Waals surface area contributed by atoms with Gasteiger partial charge in [0.2, 0.25) is 0 Å². The number of nitrogens with zero attached hydrogens (tertiary/aromatic N) is 1. The number of aromatic nitrogens is 1. The van der Waals surface area contributed by atoms with Crippen LogP contribution in [-0.4, -0.2) is 17.0 Å². The van der Waals surface area contributed by atoms with Crippen molar-refractivity contribution in [1.29, 1.82) is 0 Å². The number of para-hydroxylation sites is 1. The summed E-state index contributed by atoms with van der Waals surface area (Å²) in [5.74, 6) is 0.166. The smallest absolute Gasteiger partial charge is 0.287 e. The molecular formula is C15H14N2O2. The molecule has 2 aromatic heterocycles. The van der Waals surface area contributed by atoms with Gasteiger partial charge in [0.05, 0.1) is 6.26 Å². The first kappa shape index (κ1) is 11.6. The second-order valence-corrected chi connectivity index (χ2v) is 4.30. The molecule has 0 spiro atoms. The van der Waals surface area contributed by atoms with Gasteiger partial charge in [-0.05, 0) is 29.7 Å². The number of carbonyl (C=O) groups excluding carboxylic acids is 1. The Hall–Kier alpha value is -2.49. The van der Waals surface area contributed by atoms with Crippen LogP contribution in [0.5, 0.6) is 0 Å². The zero-order valence-electron chi connectivity index (χ0n) is 10.4. The molecule has 4 heteroatoms. The third-order valence-corrected chi connectivity index (χ3v) is 3.06. The van der Waals surface area contributed by atoms with E-state index >= 15 is 0 Å². The lowest BCUT2D eigenvalue weighted by atomic mass is 10.2. The van der Waals surface area contributed by atoms with Crippen molar-refractivity contribution in [2.45, 2.75) is 6.54 Å². The van der Waals surface area contributed by atoms with Crippen molar-refractivity contribution in [3.63, 3.8) is 0 Å². The number of hydrogen-bond acceptors (Lipinski definition) is 2. The van der Waals surface area contributed by atoms with Gasteiger partial charge in [0, 0.05) is 24.8 Å². The third kappa shape index (κ3) is 2.38. The summed E-state index contributed by atoms with van der Waals surface area (Å²) in [6.07, 6.45) is 3.53. The van der Waals surface area contributed by atoms with Crippen LogP contribution in [0.15, 0.2) is 59.3 Å². The van der Waals surface area contributed by atoms with E-state index in [1.54, 1.807) is 12.1 Å². The van der Waals surface area contributed by atoms with Gasteiger partial charge in [0.1, 0.15) is 0 Å². The van der Waals surface area contributed by atoms with Crippen LogP contribution in [0.2, 0.25) is 0 Å². The van der Waals surface area contributed by atoms with Crippen LogP contribution >= 0.6 is 0 Å². The highest BCUT2D eigenvalue weighted by atomic mass is 16.3. The van der Waals surface area contributed by atoms with Crippen LogP contribution in [-0.2, 0) is 6.54 Å². The minimum Gasteiger partial charge on any atom is -0.459 e. The van der Waals surface area contributed by atoms with Crippen LogP contribution in [0.25, 0.3) is 10.9 Å². The van der Waals surface area contributed by atoms with Crippen molar-refractivity contribution in [2.75, 3.05) is 6.54 Å². The molecule has 0 atom stereocenters. The van der Waals surface area contributed by atoms with Crippen molar-refractivity contribution in [2.24, 2.45) is 0 Å². The summed E-state index contributed by atoms with van der Waals surface area (Å²) in [7, 11) is 0. The Bertz CT molecular complexity index is 683. The summed E-state index contributed by atoms with van der Waals surface area (Å²) in [4.78, 5) is 11.7. The Balaban J connectivity index is 1.62. The lowest BCUT2D eigenvalue weighted by Crippen LogP contribution is -2.26. The summed E-state index contributed by atoms with van der Waals surface area (Å²) in [6.45, 7) is 1.30. The number of fused-ring (bicyclic) bond motifs is 1. The first-order valence-electron chi connectivity index (χ1n) is 6.20. The minimum atomic E-state index is -0.179. The molecule has 0 bridgehead atoms. The molecule has 1 aromatic carbocycles. The van der Waals surface area contributed by atoms with Crippen LogP contribution in [0, 0.1) is 0 Å². The molecule has 0 unspecified atom stereocenters. The number of amides is 1. The summed E-state index contributed by atoms with van der Waals surface area (Å²) in [5.41, 5.74) is 1.18. The van der Waals surface area contributed by atoms with Gasteiger partial charge in [-0.25, -0.2) is 0 Å². The molecule has 0 saturated heterocycles. The van der Waals surface area contributed by atoms with Gasteiger partial charge >= 0.3 is 0 Å². The molecule has 0 aliphatic carbocycles. The molecule has 0 aliphatic heterocycles. The number of furan rings is 1. The lowest BCUT2D eigenvalue weighted by molar-refractivity contribution is 0.0924. The van der Waals surface area contributed by atoms with Gasteiger partial charge < -0.3 is 14.3 Å². The molecule has 3 aromatic rings. The molecule has 3 rings (SSSR count). The van der Waals surface area contributed by atoms with E-state index in [1.807, 2.05) is 18.3 Å². The van der Waals surface area contributed by atoms with E-state index in [1.165, 1.54) is 17.2 Å². The Morgan fingerprint density at radius 3 is 2.89 bits per heavy atom. The van der Waals surface area contributed by atoms with Crippen LogP contribution < -0.4 is 5.32 Å². The Kier molecular flexibility index (Phi) is 3.06. The quantitative estimate of drug-likeness (QED) is 0.778. The number of benzene rings is 1. The van der Waals surface area contributed by atoms with Gasteiger partial charge in [-0.1, -0.05) is 18.2 Å². The van der Waals surface area contributed by atoms with E-state index < -0.39 is 0 Å². The molecule has 1 N–H and O–H groups in total. The molecule has 0 aliphatic rings. The predicted octanol–water partition coefficient (Wildman–Crippen LogP) is 2.66. The van der Waals surface area contributed by atoms with Crippen molar-refractivity contribution >= 4 is 16.8 Å². The largest absolute Gasteiger partial charge is 0.459 e. The first-order valence-corrected chi connectivity index (χ1v) is 6.20. The normalized spacial score (nSPS) is 10.7. The average Bonchev–Trinajstić information content (AvgIpc) is 3.08. The monoisotopic (exact) mass is 254 g/mol. The highest BCUT2D eigenvalue weighted by Crippen LogP contribution is 2.14. The van der Waals surface area contributed by atoms with E-state index in [9.17, 15) is 4.79 Å². The van der Waals surface area contributed by atoms with Crippen LogP contribution in [0.1, 0.15) is 10.6 Å². The molecule has 0 radical (unpaired) electrons. The molecule has 2 heterocycles. The average molecular weight is 254 g/mol. The van der Waals surface area contributed by atoms with Gasteiger partial charge in [-0.2, -0.15) is 0 Å². The summed E-state index contributed by atoms with van der Waals surface area (Å²) in [6, 6.07) is 13.6. The molecule has 0 saturated carbocycles. The molecule has 96 valence electrons. The molecular weight excluding hydrogens is 240 g/mol. The van der Waals surface area contributed by atoms with Crippen LogP contribution in [0.4, 0.5) is 0 Å². The highest BCUT2D eigenvalue weighted by molar-refractivity contribution is 5.91. The Morgan fingerprint density at radius 2 is 2.05 bits per heavy atom. The fourth-order valence-corrected chi connectivity index (χ4v) is 2.12. The highest BCUT2D eigenvalue weighted by Gasteiger charge is 2.07. The van der Waals surface area contributed by atoms with Crippen molar-refractivity contribution in [3.05, 3.63) is 60.7 Å². The maximum absolute atomic E-state index is 11.7. The van der Waals surface area contributed by atoms with Gasteiger partial charge in [-0.15, -0.1) is 0 Å². The third-order valence-electron chi connectivity index (χ3n) is 3.06. The number of carbonyl (C=O) groups is 1. The van der Waals surface area contributed by atoms with E-state index in [4.69, 9.17) is 4.42 Å².